The Morgan fingerprint density at radius 2 is 2.50 bits per heavy atom. The summed E-state index contributed by atoms with van der Waals surface area (Å²) < 4.78 is 0. The summed E-state index contributed by atoms with van der Waals surface area (Å²) in [6, 6.07) is 0. The molecular formula is C7H12N4O. The van der Waals surface area contributed by atoms with Gasteiger partial charge in [-0.3, -0.25) is 4.79 Å². The highest BCUT2D eigenvalue weighted by molar-refractivity contribution is 5.33. The van der Waals surface area contributed by atoms with Gasteiger partial charge in [-0.1, -0.05) is 0 Å². The van der Waals surface area contributed by atoms with Gasteiger partial charge in [-0.15, -0.1) is 0 Å². The first kappa shape index (κ1) is 8.73. The lowest BCUT2D eigenvalue weighted by Crippen LogP contribution is -2.30. The number of H-pyrrole nitrogens is 1. The van der Waals surface area contributed by atoms with Gasteiger partial charge in [0.05, 0.1) is 0 Å². The summed E-state index contributed by atoms with van der Waals surface area (Å²) in [6.07, 6.45) is 3.05. The van der Waals surface area contributed by atoms with Crippen molar-refractivity contribution in [3.63, 3.8) is 0 Å². The van der Waals surface area contributed by atoms with Gasteiger partial charge in [0.2, 0.25) is 0 Å². The van der Waals surface area contributed by atoms with E-state index in [1.807, 2.05) is 0 Å². The van der Waals surface area contributed by atoms with Crippen LogP contribution in [-0.2, 0) is 0 Å². The molecule has 0 bridgehead atoms. The molecule has 0 atom stereocenters. The molecule has 0 spiro atoms. The minimum Gasteiger partial charge on any atom is -0.354 e. The van der Waals surface area contributed by atoms with E-state index in [2.05, 4.69) is 9.97 Å². The predicted molar refractivity (Wildman–Crippen MR) is 47.2 cm³/mol. The van der Waals surface area contributed by atoms with Crippen molar-refractivity contribution in [3.05, 3.63) is 22.7 Å². The highest BCUT2D eigenvalue weighted by Crippen LogP contribution is 1.96. The summed E-state index contributed by atoms with van der Waals surface area (Å²) in [5.41, 5.74) is 5.15. The summed E-state index contributed by atoms with van der Waals surface area (Å²) >= 11 is 0. The van der Waals surface area contributed by atoms with Gasteiger partial charge in [0.1, 0.15) is 0 Å². The van der Waals surface area contributed by atoms with Crippen molar-refractivity contribution in [1.82, 2.24) is 9.97 Å². The number of hydrogen-bond acceptors (Lipinski definition) is 4. The normalized spacial score (nSPS) is 9.83. The number of nitrogens with one attached hydrogen (secondary N) is 1. The Labute approximate surface area is 70.2 Å². The molecule has 0 aromatic carbocycles. The molecule has 1 aromatic rings. The largest absolute Gasteiger partial charge is 0.354 e. The van der Waals surface area contributed by atoms with E-state index in [1.165, 1.54) is 6.20 Å². The van der Waals surface area contributed by atoms with Gasteiger partial charge in [-0.05, 0) is 0 Å². The van der Waals surface area contributed by atoms with Crippen LogP contribution in [0.2, 0.25) is 0 Å². The van der Waals surface area contributed by atoms with Crippen LogP contribution in [0.5, 0.6) is 0 Å². The minimum absolute atomic E-state index is 0.187. The van der Waals surface area contributed by atoms with Crippen molar-refractivity contribution in [3.8, 4) is 0 Å². The van der Waals surface area contributed by atoms with E-state index in [0.717, 1.165) is 0 Å². The first-order valence-corrected chi connectivity index (χ1v) is 3.70. The maximum absolute atomic E-state index is 11.1. The molecule has 1 rings (SSSR count). The summed E-state index contributed by atoms with van der Waals surface area (Å²) in [6.45, 7) is 1.13. The topological polar surface area (TPSA) is 75.0 Å². The highest BCUT2D eigenvalue weighted by atomic mass is 16.1. The van der Waals surface area contributed by atoms with E-state index in [1.54, 1.807) is 18.1 Å². The maximum atomic E-state index is 11.1. The van der Waals surface area contributed by atoms with Gasteiger partial charge in [-0.25, -0.2) is 4.98 Å². The van der Waals surface area contributed by atoms with Crippen LogP contribution >= 0.6 is 0 Å². The summed E-state index contributed by atoms with van der Waals surface area (Å²) in [5.74, 6) is 0.406. The molecule has 1 aromatic heterocycles. The molecule has 0 aliphatic rings. The fraction of sp³-hybridized carbons (Fsp3) is 0.429. The molecular weight excluding hydrogens is 156 g/mol. The van der Waals surface area contributed by atoms with Crippen molar-refractivity contribution >= 4 is 5.82 Å². The molecule has 0 radical (unpaired) electrons. The van der Waals surface area contributed by atoms with Crippen LogP contribution in [0, 0.1) is 0 Å². The number of anilines is 1. The number of nitrogens with two attached hydrogens (primary N) is 1. The average Bonchev–Trinajstić information content (AvgIpc) is 2.05. The Morgan fingerprint density at radius 1 is 1.75 bits per heavy atom. The second-order valence-electron chi connectivity index (χ2n) is 2.45. The number of aromatic nitrogens is 2. The lowest BCUT2D eigenvalue weighted by molar-refractivity contribution is 0.855. The van der Waals surface area contributed by atoms with Crippen LogP contribution in [0.25, 0.3) is 0 Å². The summed E-state index contributed by atoms with van der Waals surface area (Å²) in [5, 5.41) is 0. The minimum atomic E-state index is -0.187. The molecule has 0 amide bonds. The third-order valence-corrected chi connectivity index (χ3v) is 1.51. The van der Waals surface area contributed by atoms with Gasteiger partial charge in [-0.2, -0.15) is 0 Å². The van der Waals surface area contributed by atoms with Gasteiger partial charge in [0.25, 0.3) is 5.56 Å². The van der Waals surface area contributed by atoms with Crippen LogP contribution in [-0.4, -0.2) is 30.1 Å². The second-order valence-corrected chi connectivity index (χ2v) is 2.45. The van der Waals surface area contributed by atoms with Gasteiger partial charge < -0.3 is 15.6 Å². The number of rotatable bonds is 3. The lowest BCUT2D eigenvalue weighted by Gasteiger charge is -2.14. The van der Waals surface area contributed by atoms with Crippen molar-refractivity contribution in [2.24, 2.45) is 5.73 Å². The van der Waals surface area contributed by atoms with E-state index < -0.39 is 0 Å². The number of aromatic amines is 1. The SMILES string of the molecule is CN(CCN)c1ncc[nH]c1=O. The van der Waals surface area contributed by atoms with Crippen LogP contribution in [0.3, 0.4) is 0 Å². The van der Waals surface area contributed by atoms with E-state index in [4.69, 9.17) is 5.73 Å². The Hall–Kier alpha value is -1.36. The molecule has 0 aliphatic heterocycles. The van der Waals surface area contributed by atoms with Gasteiger partial charge in [0.15, 0.2) is 5.82 Å². The Balaban J connectivity index is 2.87. The highest BCUT2D eigenvalue weighted by Gasteiger charge is 2.04. The fourth-order valence-electron chi connectivity index (χ4n) is 0.915. The molecule has 1 heterocycles. The van der Waals surface area contributed by atoms with Crippen molar-refractivity contribution in [1.29, 1.82) is 0 Å². The summed E-state index contributed by atoms with van der Waals surface area (Å²) in [7, 11) is 1.78. The smallest absolute Gasteiger partial charge is 0.290 e. The molecule has 12 heavy (non-hydrogen) atoms. The molecule has 5 heteroatoms. The number of nitrogens with zero attached hydrogens (tertiary/aromatic N) is 2. The zero-order valence-electron chi connectivity index (χ0n) is 6.95. The molecule has 5 nitrogen and oxygen atoms in total. The Kier molecular flexibility index (Phi) is 2.82. The van der Waals surface area contributed by atoms with E-state index in [-0.39, 0.29) is 5.56 Å². The Morgan fingerprint density at radius 3 is 3.08 bits per heavy atom. The van der Waals surface area contributed by atoms with Crippen LogP contribution in [0.15, 0.2) is 17.2 Å². The van der Waals surface area contributed by atoms with Crippen molar-refractivity contribution in [2.45, 2.75) is 0 Å². The second kappa shape index (κ2) is 3.87. The number of likely N-dealkylation sites (N-methyl/N-ethyl adjacent to an activating group) is 1. The monoisotopic (exact) mass is 168 g/mol. The third kappa shape index (κ3) is 1.82. The van der Waals surface area contributed by atoms with Crippen molar-refractivity contribution < 1.29 is 0 Å². The molecule has 0 aliphatic carbocycles. The van der Waals surface area contributed by atoms with Crippen molar-refractivity contribution in [2.75, 3.05) is 25.0 Å². The molecule has 66 valence electrons. The predicted octanol–water partition coefficient (Wildman–Crippen LogP) is -0.835. The molecule has 0 saturated carbocycles. The first-order valence-electron chi connectivity index (χ1n) is 3.70. The molecule has 0 saturated heterocycles. The first-order chi connectivity index (χ1) is 5.75. The zero-order chi connectivity index (χ0) is 8.97. The maximum Gasteiger partial charge on any atom is 0.290 e. The van der Waals surface area contributed by atoms with E-state index in [9.17, 15) is 4.79 Å². The van der Waals surface area contributed by atoms with E-state index >= 15 is 0 Å². The molecule has 0 fully saturated rings. The number of hydrogen-bond donors (Lipinski definition) is 2. The average molecular weight is 168 g/mol. The van der Waals surface area contributed by atoms with Gasteiger partial charge in [0, 0.05) is 32.5 Å². The summed E-state index contributed by atoms with van der Waals surface area (Å²) in [4.78, 5) is 19.3. The van der Waals surface area contributed by atoms with Crippen LogP contribution < -0.4 is 16.2 Å². The van der Waals surface area contributed by atoms with Crippen LogP contribution in [0.1, 0.15) is 0 Å². The quantitative estimate of drug-likeness (QED) is 0.617. The van der Waals surface area contributed by atoms with Crippen LogP contribution in [0.4, 0.5) is 5.82 Å². The lowest BCUT2D eigenvalue weighted by atomic mass is 10.5. The standard InChI is InChI=1S/C7H12N4O/c1-11(5-2-8)6-7(12)10-4-3-9-6/h3-4H,2,5,8H2,1H3,(H,10,12). The molecule has 3 N–H and O–H groups in total. The fourth-order valence-corrected chi connectivity index (χ4v) is 0.915. The van der Waals surface area contributed by atoms with Gasteiger partial charge >= 0.3 is 0 Å². The molecule has 0 unspecified atom stereocenters. The van der Waals surface area contributed by atoms with E-state index in [0.29, 0.717) is 18.9 Å². The Bertz CT molecular complexity index is 295. The zero-order valence-corrected chi connectivity index (χ0v) is 6.95. The third-order valence-electron chi connectivity index (χ3n) is 1.51.